The van der Waals surface area contributed by atoms with E-state index in [1.54, 1.807) is 6.08 Å². The van der Waals surface area contributed by atoms with Crippen molar-refractivity contribution in [3.05, 3.63) is 53.5 Å². The summed E-state index contributed by atoms with van der Waals surface area (Å²) in [6, 6.07) is 11.7. The average molecular weight is 222 g/mol. The number of benzene rings is 1. The molecule has 0 atom stereocenters. The van der Waals surface area contributed by atoms with Gasteiger partial charge in [0.05, 0.1) is 11.9 Å². The molecule has 0 fully saturated rings. The second-order valence-electron chi connectivity index (χ2n) is 3.38. The SMILES string of the molecule is N#Cc1ncc(/C=C/c2ccccc2)nc1N. The summed E-state index contributed by atoms with van der Waals surface area (Å²) in [7, 11) is 0. The van der Waals surface area contributed by atoms with Gasteiger partial charge in [-0.1, -0.05) is 36.4 Å². The van der Waals surface area contributed by atoms with Gasteiger partial charge in [0.1, 0.15) is 6.07 Å². The van der Waals surface area contributed by atoms with Gasteiger partial charge in [-0.25, -0.2) is 9.97 Å². The minimum absolute atomic E-state index is 0.155. The van der Waals surface area contributed by atoms with Crippen molar-refractivity contribution in [3.63, 3.8) is 0 Å². The molecule has 1 aromatic heterocycles. The van der Waals surface area contributed by atoms with Crippen LogP contribution in [0.4, 0.5) is 5.82 Å². The van der Waals surface area contributed by atoms with Crippen LogP contribution < -0.4 is 5.73 Å². The van der Waals surface area contributed by atoms with Crippen molar-refractivity contribution in [3.8, 4) is 6.07 Å². The van der Waals surface area contributed by atoms with Crippen molar-refractivity contribution in [2.75, 3.05) is 5.73 Å². The highest BCUT2D eigenvalue weighted by atomic mass is 14.9. The Morgan fingerprint density at radius 3 is 2.59 bits per heavy atom. The zero-order valence-corrected chi connectivity index (χ0v) is 9.04. The molecule has 82 valence electrons. The molecule has 0 aliphatic rings. The first-order valence-electron chi connectivity index (χ1n) is 5.05. The van der Waals surface area contributed by atoms with E-state index in [0.29, 0.717) is 5.69 Å². The van der Waals surface area contributed by atoms with Gasteiger partial charge in [0, 0.05) is 0 Å². The lowest BCUT2D eigenvalue weighted by atomic mass is 10.2. The fourth-order valence-corrected chi connectivity index (χ4v) is 1.33. The lowest BCUT2D eigenvalue weighted by Gasteiger charge is -1.97. The molecule has 2 aromatic rings. The van der Waals surface area contributed by atoms with Crippen LogP contribution in [-0.4, -0.2) is 9.97 Å². The van der Waals surface area contributed by atoms with Crippen LogP contribution in [0.25, 0.3) is 12.2 Å². The zero-order valence-electron chi connectivity index (χ0n) is 9.04. The molecule has 0 saturated carbocycles. The Bertz CT molecular complexity index is 582. The average Bonchev–Trinajstić information content (AvgIpc) is 2.38. The smallest absolute Gasteiger partial charge is 0.182 e. The quantitative estimate of drug-likeness (QED) is 0.844. The normalized spacial score (nSPS) is 10.3. The number of hydrogen-bond acceptors (Lipinski definition) is 4. The van der Waals surface area contributed by atoms with Crippen LogP contribution in [0.2, 0.25) is 0 Å². The maximum absolute atomic E-state index is 8.67. The van der Waals surface area contributed by atoms with Crippen LogP contribution in [0, 0.1) is 11.3 Å². The van der Waals surface area contributed by atoms with Crippen LogP contribution >= 0.6 is 0 Å². The summed E-state index contributed by atoms with van der Waals surface area (Å²) < 4.78 is 0. The third kappa shape index (κ3) is 2.67. The number of nitrogens with two attached hydrogens (primary N) is 1. The largest absolute Gasteiger partial charge is 0.381 e. The molecule has 0 aliphatic heterocycles. The van der Waals surface area contributed by atoms with Gasteiger partial charge in [0.25, 0.3) is 0 Å². The first-order valence-corrected chi connectivity index (χ1v) is 5.05. The number of aromatic nitrogens is 2. The third-order valence-electron chi connectivity index (χ3n) is 2.17. The summed E-state index contributed by atoms with van der Waals surface area (Å²) in [5.74, 6) is 0.155. The second kappa shape index (κ2) is 4.90. The van der Waals surface area contributed by atoms with Crippen molar-refractivity contribution < 1.29 is 0 Å². The predicted octanol–water partition coefficient (Wildman–Crippen LogP) is 2.10. The fraction of sp³-hybridized carbons (Fsp3) is 0. The molecule has 0 bridgehead atoms. The predicted molar refractivity (Wildman–Crippen MR) is 66.5 cm³/mol. The van der Waals surface area contributed by atoms with Crippen LogP contribution in [0.1, 0.15) is 17.0 Å². The van der Waals surface area contributed by atoms with Gasteiger partial charge in [-0.15, -0.1) is 0 Å². The minimum atomic E-state index is 0.155. The Morgan fingerprint density at radius 1 is 1.18 bits per heavy atom. The van der Waals surface area contributed by atoms with E-state index in [0.717, 1.165) is 5.56 Å². The maximum atomic E-state index is 8.67. The van der Waals surface area contributed by atoms with Gasteiger partial charge in [0.2, 0.25) is 0 Å². The summed E-state index contributed by atoms with van der Waals surface area (Å²) >= 11 is 0. The summed E-state index contributed by atoms with van der Waals surface area (Å²) in [6.45, 7) is 0. The molecule has 2 rings (SSSR count). The van der Waals surface area contributed by atoms with Crippen molar-refractivity contribution >= 4 is 18.0 Å². The van der Waals surface area contributed by atoms with Crippen molar-refractivity contribution in [1.29, 1.82) is 5.26 Å². The minimum Gasteiger partial charge on any atom is -0.381 e. The van der Waals surface area contributed by atoms with E-state index in [-0.39, 0.29) is 11.5 Å². The molecule has 17 heavy (non-hydrogen) atoms. The van der Waals surface area contributed by atoms with Crippen LogP contribution in [0.3, 0.4) is 0 Å². The number of anilines is 1. The highest BCUT2D eigenvalue weighted by molar-refractivity contribution is 5.68. The molecule has 2 N–H and O–H groups in total. The van der Waals surface area contributed by atoms with E-state index >= 15 is 0 Å². The fourth-order valence-electron chi connectivity index (χ4n) is 1.33. The molecular weight excluding hydrogens is 212 g/mol. The number of nitrogens with zero attached hydrogens (tertiary/aromatic N) is 3. The lowest BCUT2D eigenvalue weighted by Crippen LogP contribution is -1.98. The Morgan fingerprint density at radius 2 is 1.94 bits per heavy atom. The molecule has 0 amide bonds. The number of rotatable bonds is 2. The van der Waals surface area contributed by atoms with Crippen molar-refractivity contribution in [2.45, 2.75) is 0 Å². The number of nitrogen functional groups attached to an aromatic ring is 1. The molecular formula is C13H10N4. The molecule has 1 aromatic carbocycles. The summed E-state index contributed by atoms with van der Waals surface area (Å²) in [5.41, 5.74) is 7.42. The van der Waals surface area contributed by atoms with E-state index in [4.69, 9.17) is 11.0 Å². The summed E-state index contributed by atoms with van der Waals surface area (Å²) in [5, 5.41) is 8.67. The summed E-state index contributed by atoms with van der Waals surface area (Å²) in [4.78, 5) is 7.97. The van der Waals surface area contributed by atoms with Crippen LogP contribution in [-0.2, 0) is 0 Å². The number of nitriles is 1. The van der Waals surface area contributed by atoms with E-state index in [2.05, 4.69) is 9.97 Å². The molecule has 4 heteroatoms. The van der Waals surface area contributed by atoms with Crippen LogP contribution in [0.15, 0.2) is 36.5 Å². The van der Waals surface area contributed by atoms with E-state index < -0.39 is 0 Å². The van der Waals surface area contributed by atoms with Gasteiger partial charge < -0.3 is 5.73 Å². The maximum Gasteiger partial charge on any atom is 0.182 e. The van der Waals surface area contributed by atoms with Gasteiger partial charge in [0.15, 0.2) is 11.5 Å². The molecule has 0 spiro atoms. The topological polar surface area (TPSA) is 75.6 Å². The Kier molecular flexibility index (Phi) is 3.13. The first kappa shape index (κ1) is 10.8. The van der Waals surface area contributed by atoms with Gasteiger partial charge in [-0.05, 0) is 11.6 Å². The zero-order chi connectivity index (χ0) is 12.1. The third-order valence-corrected chi connectivity index (χ3v) is 2.17. The standard InChI is InChI=1S/C13H10N4/c14-8-12-13(15)17-11(9-16-12)7-6-10-4-2-1-3-5-10/h1-7,9H,(H2,15,17)/b7-6+. The van der Waals surface area contributed by atoms with Gasteiger partial charge in [-0.2, -0.15) is 5.26 Å². The molecule has 0 unspecified atom stereocenters. The highest BCUT2D eigenvalue weighted by Crippen LogP contribution is 2.08. The van der Waals surface area contributed by atoms with Crippen LogP contribution in [0.5, 0.6) is 0 Å². The van der Waals surface area contributed by atoms with Crippen molar-refractivity contribution in [2.24, 2.45) is 0 Å². The second-order valence-corrected chi connectivity index (χ2v) is 3.38. The highest BCUT2D eigenvalue weighted by Gasteiger charge is 2.00. The molecule has 1 heterocycles. The van der Waals surface area contributed by atoms with Gasteiger partial charge >= 0.3 is 0 Å². The van der Waals surface area contributed by atoms with E-state index in [1.165, 1.54) is 6.20 Å². The van der Waals surface area contributed by atoms with E-state index in [1.807, 2.05) is 42.5 Å². The lowest BCUT2D eigenvalue weighted by molar-refractivity contribution is 1.16. The number of hydrogen-bond donors (Lipinski definition) is 1. The van der Waals surface area contributed by atoms with Gasteiger partial charge in [-0.3, -0.25) is 0 Å². The first-order chi connectivity index (χ1) is 8.29. The molecule has 0 aliphatic carbocycles. The monoisotopic (exact) mass is 222 g/mol. The van der Waals surface area contributed by atoms with Crippen molar-refractivity contribution in [1.82, 2.24) is 9.97 Å². The Hall–Kier alpha value is -2.67. The summed E-state index contributed by atoms with van der Waals surface area (Å²) in [6.07, 6.45) is 5.24. The molecule has 4 nitrogen and oxygen atoms in total. The molecule has 0 saturated heterocycles. The molecule has 0 radical (unpaired) electrons. The Balaban J connectivity index is 2.23. The van der Waals surface area contributed by atoms with E-state index in [9.17, 15) is 0 Å². The Labute approximate surface area is 99.1 Å².